The fraction of sp³-hybridized carbons (Fsp3) is 1.00. The van der Waals surface area contributed by atoms with Crippen molar-refractivity contribution < 1.29 is 3.79 Å². The second-order valence-electron chi connectivity index (χ2n) is 3.59. The molecule has 1 fully saturated rings. The van der Waals surface area contributed by atoms with E-state index in [9.17, 15) is 0 Å². The third-order valence-corrected chi connectivity index (χ3v) is 6.68. The molecular formula is C8H16AlClO. The Hall–Kier alpha value is 0.782. The summed E-state index contributed by atoms with van der Waals surface area (Å²) >= 11 is 5.22. The molecular weight excluding hydrogens is 175 g/mol. The maximum Gasteiger partial charge on any atom is 0.480 e. The summed E-state index contributed by atoms with van der Waals surface area (Å²) in [7, 11) is 0. The molecule has 1 nitrogen and oxygen atoms in total. The summed E-state index contributed by atoms with van der Waals surface area (Å²) in [5, 5.41) is 1.28. The summed E-state index contributed by atoms with van der Waals surface area (Å²) in [5.74, 6) is 0.589. The average Bonchev–Trinajstić information content (AvgIpc) is 2.05. The minimum Gasteiger partial charge on any atom is -0.500 e. The highest BCUT2D eigenvalue weighted by atomic mass is 35.5. The Kier molecular flexibility index (Phi) is 4.24. The van der Waals surface area contributed by atoms with Crippen molar-refractivity contribution in [2.75, 3.05) is 6.61 Å². The molecule has 1 unspecified atom stereocenters. The lowest BCUT2D eigenvalue weighted by Gasteiger charge is -2.24. The van der Waals surface area contributed by atoms with Gasteiger partial charge in [0.2, 0.25) is 0 Å². The zero-order valence-corrected chi connectivity index (χ0v) is 9.26. The van der Waals surface area contributed by atoms with Crippen molar-refractivity contribution in [3.05, 3.63) is 0 Å². The van der Waals surface area contributed by atoms with Gasteiger partial charge in [-0.25, -0.2) is 0 Å². The third kappa shape index (κ3) is 2.95. The molecule has 0 spiro atoms. The predicted octanol–water partition coefficient (Wildman–Crippen LogP) is 2.59. The van der Waals surface area contributed by atoms with Crippen LogP contribution in [0.2, 0.25) is 5.28 Å². The summed E-state index contributed by atoms with van der Waals surface area (Å²) in [5.41, 5.74) is 0. The highest BCUT2D eigenvalue weighted by Gasteiger charge is 2.33. The van der Waals surface area contributed by atoms with Crippen molar-refractivity contribution in [3.8, 4) is 0 Å². The van der Waals surface area contributed by atoms with Crippen LogP contribution in [0.3, 0.4) is 0 Å². The van der Waals surface area contributed by atoms with Gasteiger partial charge >= 0.3 is 14.5 Å². The van der Waals surface area contributed by atoms with Gasteiger partial charge in [0.05, 0.1) is 0 Å². The van der Waals surface area contributed by atoms with Crippen LogP contribution in [0.1, 0.15) is 26.7 Å². The van der Waals surface area contributed by atoms with Crippen molar-refractivity contribution in [2.45, 2.75) is 36.2 Å². The lowest BCUT2D eigenvalue weighted by Crippen LogP contribution is -2.36. The first kappa shape index (κ1) is 9.87. The van der Waals surface area contributed by atoms with Gasteiger partial charge in [0, 0.05) is 10.8 Å². The molecule has 0 radical (unpaired) electrons. The first-order valence-corrected chi connectivity index (χ1v) is 6.86. The molecule has 3 heteroatoms. The zero-order chi connectivity index (χ0) is 8.27. The van der Waals surface area contributed by atoms with E-state index in [-0.39, 0.29) is 0 Å². The summed E-state index contributed by atoms with van der Waals surface area (Å²) in [4.78, 5) is 0. The monoisotopic (exact) mass is 190 g/mol. The van der Waals surface area contributed by atoms with Crippen LogP contribution in [0.25, 0.3) is 0 Å². The molecule has 1 saturated heterocycles. The largest absolute Gasteiger partial charge is 0.500 e. The maximum atomic E-state index is 6.23. The maximum absolute atomic E-state index is 6.23. The molecule has 0 aliphatic carbocycles. The smallest absolute Gasteiger partial charge is 0.480 e. The molecule has 64 valence electrons. The molecule has 1 atom stereocenters. The van der Waals surface area contributed by atoms with Crippen LogP contribution in [-0.2, 0) is 3.79 Å². The normalized spacial score (nSPS) is 22.4. The first-order chi connectivity index (χ1) is 5.22. The Bertz CT molecular complexity index is 113. The summed E-state index contributed by atoms with van der Waals surface area (Å²) in [6.45, 7) is 5.33. The Morgan fingerprint density at radius 3 is 2.55 bits per heavy atom. The molecule has 0 aromatic rings. The number of hydrogen-bond acceptors (Lipinski definition) is 1. The van der Waals surface area contributed by atoms with Crippen LogP contribution in [0.15, 0.2) is 0 Å². The molecule has 1 aliphatic rings. The molecule has 1 heterocycles. The lowest BCUT2D eigenvalue weighted by atomic mass is 10.3. The molecule has 0 bridgehead atoms. The van der Waals surface area contributed by atoms with E-state index in [0.29, 0.717) is 10.2 Å². The lowest BCUT2D eigenvalue weighted by molar-refractivity contribution is 0.281. The zero-order valence-electron chi connectivity index (χ0n) is 7.35. The Morgan fingerprint density at radius 1 is 1.36 bits per heavy atom. The van der Waals surface area contributed by atoms with Gasteiger partial charge in [-0.15, -0.1) is 11.6 Å². The third-order valence-electron chi connectivity index (χ3n) is 2.21. The molecule has 11 heavy (non-hydrogen) atoms. The van der Waals surface area contributed by atoms with Crippen LogP contribution < -0.4 is 0 Å². The van der Waals surface area contributed by atoms with Gasteiger partial charge in [0.25, 0.3) is 0 Å². The van der Waals surface area contributed by atoms with Crippen molar-refractivity contribution in [3.63, 3.8) is 0 Å². The van der Waals surface area contributed by atoms with Gasteiger partial charge in [-0.05, 0) is 12.3 Å². The second kappa shape index (κ2) is 4.72. The average molecular weight is 191 g/mol. The van der Waals surface area contributed by atoms with Gasteiger partial charge in [0.15, 0.2) is 0 Å². The Balaban J connectivity index is 2.32. The van der Waals surface area contributed by atoms with E-state index in [1.165, 1.54) is 18.1 Å². The molecule has 1 aliphatic heterocycles. The minimum atomic E-state index is -1.01. The molecule has 0 amide bonds. The highest BCUT2D eigenvalue weighted by Crippen LogP contribution is 2.21. The Morgan fingerprint density at radius 2 is 2.09 bits per heavy atom. The van der Waals surface area contributed by atoms with Gasteiger partial charge in [-0.2, -0.15) is 0 Å². The molecule has 0 aromatic heterocycles. The highest BCUT2D eigenvalue weighted by molar-refractivity contribution is 6.64. The summed E-state index contributed by atoms with van der Waals surface area (Å²) in [6, 6.07) is 0. The fourth-order valence-electron chi connectivity index (χ4n) is 1.45. The minimum absolute atomic E-state index is 0.343. The molecule has 0 saturated carbocycles. The van der Waals surface area contributed by atoms with Crippen molar-refractivity contribution in [2.24, 2.45) is 5.92 Å². The van der Waals surface area contributed by atoms with Crippen LogP contribution in [-0.4, -0.2) is 25.3 Å². The topological polar surface area (TPSA) is 9.23 Å². The van der Waals surface area contributed by atoms with E-state index in [4.69, 9.17) is 15.4 Å². The number of halogens is 1. The van der Waals surface area contributed by atoms with E-state index in [1.807, 2.05) is 0 Å². The van der Waals surface area contributed by atoms with Crippen LogP contribution in [0, 0.1) is 5.92 Å². The second-order valence-corrected chi connectivity index (χ2v) is 7.23. The van der Waals surface area contributed by atoms with E-state index < -0.39 is 14.5 Å². The van der Waals surface area contributed by atoms with Gasteiger partial charge < -0.3 is 3.79 Å². The van der Waals surface area contributed by atoms with E-state index in [0.717, 1.165) is 6.61 Å². The SMILES string of the molecule is CC(C)[CH](Cl)[Al]1[CH2]CCC[O]1. The van der Waals surface area contributed by atoms with Crippen LogP contribution >= 0.6 is 11.6 Å². The van der Waals surface area contributed by atoms with Gasteiger partial charge in [0.1, 0.15) is 0 Å². The van der Waals surface area contributed by atoms with Gasteiger partial charge in [-0.3, -0.25) is 0 Å². The van der Waals surface area contributed by atoms with Crippen molar-refractivity contribution in [1.29, 1.82) is 0 Å². The van der Waals surface area contributed by atoms with E-state index in [1.54, 1.807) is 0 Å². The fourth-order valence-corrected chi connectivity index (χ4v) is 4.73. The van der Waals surface area contributed by atoms with E-state index >= 15 is 0 Å². The standard InChI is InChI=1S/C4H8Cl.C4H8O.Al/c1-4(2)3-5;1-2-3-4-5;/h3-4H,1-2H3;1-4H2;/q;-1;+1. The number of alkyl halides is 1. The molecule has 0 N–H and O–H groups in total. The first-order valence-electron chi connectivity index (χ1n) is 4.47. The molecule has 1 rings (SSSR count). The summed E-state index contributed by atoms with van der Waals surface area (Å²) in [6.07, 6.45) is 2.58. The van der Waals surface area contributed by atoms with Crippen LogP contribution in [0.5, 0.6) is 0 Å². The van der Waals surface area contributed by atoms with Crippen molar-refractivity contribution >= 4 is 26.1 Å². The predicted molar refractivity (Wildman–Crippen MR) is 50.2 cm³/mol. The number of hydrogen-bond donors (Lipinski definition) is 0. The molecule has 0 aromatic carbocycles. The van der Waals surface area contributed by atoms with Crippen LogP contribution in [0.4, 0.5) is 0 Å². The van der Waals surface area contributed by atoms with Gasteiger partial charge in [-0.1, -0.05) is 25.6 Å². The Labute approximate surface area is 78.8 Å². The van der Waals surface area contributed by atoms with Crippen molar-refractivity contribution in [1.82, 2.24) is 0 Å². The summed E-state index contributed by atoms with van der Waals surface area (Å²) < 4.78 is 6.05. The van der Waals surface area contributed by atoms with E-state index in [2.05, 4.69) is 13.8 Å². The quantitative estimate of drug-likeness (QED) is 0.481. The number of rotatable bonds is 2.